The van der Waals surface area contributed by atoms with Crippen molar-refractivity contribution in [1.29, 1.82) is 0 Å². The summed E-state index contributed by atoms with van der Waals surface area (Å²) in [5.41, 5.74) is 0.494. The zero-order chi connectivity index (χ0) is 28.8. The Kier molecular flexibility index (Phi) is 8.94. The summed E-state index contributed by atoms with van der Waals surface area (Å²) in [6.45, 7) is 0.548. The van der Waals surface area contributed by atoms with Crippen LogP contribution in [0.4, 0.5) is 0 Å². The Morgan fingerprint density at radius 1 is 1.07 bits per heavy atom. The summed E-state index contributed by atoms with van der Waals surface area (Å²) in [6.07, 6.45) is 0. The first-order chi connectivity index (χ1) is 19.2. The number of hydrogen-bond acceptors (Lipinski definition) is 9. The number of β-lactam (4-membered cyclic amide) rings is 1. The molecular weight excluding hydrogens is 542 g/mol. The molecule has 12 nitrogen and oxygen atoms in total. The fourth-order valence-corrected chi connectivity index (χ4v) is 5.58. The number of hydrogen-bond donors (Lipinski definition) is 3. The number of carboxylic acids is 1. The highest BCUT2D eigenvalue weighted by atomic mass is 32.2. The van der Waals surface area contributed by atoms with Crippen LogP contribution in [0, 0.1) is 0 Å². The maximum Gasteiger partial charge on any atom is 0.352 e. The van der Waals surface area contributed by atoms with Gasteiger partial charge in [-0.1, -0.05) is 42.5 Å². The van der Waals surface area contributed by atoms with E-state index < -0.39 is 53.7 Å². The van der Waals surface area contributed by atoms with E-state index in [1.54, 1.807) is 54.6 Å². The van der Waals surface area contributed by atoms with Crippen LogP contribution in [-0.2, 0) is 28.7 Å². The molecule has 2 aromatic carbocycles. The Morgan fingerprint density at radius 3 is 2.40 bits per heavy atom. The summed E-state index contributed by atoms with van der Waals surface area (Å²) in [6, 6.07) is 13.1. The highest BCUT2D eigenvalue weighted by Gasteiger charge is 2.54. The summed E-state index contributed by atoms with van der Waals surface area (Å²) in [7, 11) is 1.47. The van der Waals surface area contributed by atoms with Crippen molar-refractivity contribution < 1.29 is 43.3 Å². The molecule has 2 aromatic rings. The lowest BCUT2D eigenvalue weighted by Gasteiger charge is -2.49. The van der Waals surface area contributed by atoms with Crippen molar-refractivity contribution in [2.45, 2.75) is 24.4 Å². The number of fused-ring (bicyclic) bond motifs is 1. The van der Waals surface area contributed by atoms with E-state index in [1.807, 2.05) is 0 Å². The van der Waals surface area contributed by atoms with E-state index >= 15 is 0 Å². The van der Waals surface area contributed by atoms with Gasteiger partial charge in [0.15, 0.2) is 18.1 Å². The number of methoxy groups -OCH3 is 1. The lowest BCUT2D eigenvalue weighted by molar-refractivity contribution is -0.151. The molecule has 0 aliphatic carbocycles. The molecule has 0 bridgehead atoms. The van der Waals surface area contributed by atoms with Gasteiger partial charge in [-0.25, -0.2) is 4.79 Å². The molecule has 1 saturated heterocycles. The minimum Gasteiger partial charge on any atom is -0.493 e. The minimum atomic E-state index is -1.34. The first-order valence-corrected chi connectivity index (χ1v) is 13.2. The van der Waals surface area contributed by atoms with Gasteiger partial charge in [-0.15, -0.1) is 11.8 Å². The quantitative estimate of drug-likeness (QED) is 0.265. The lowest BCUT2D eigenvalue weighted by Crippen LogP contribution is -2.71. The molecule has 0 saturated carbocycles. The molecule has 2 aliphatic rings. The average molecular weight is 570 g/mol. The van der Waals surface area contributed by atoms with Crippen LogP contribution in [0.25, 0.3) is 0 Å². The second-order valence-corrected chi connectivity index (χ2v) is 9.89. The number of nitrogens with one attached hydrogen (secondary N) is 2. The van der Waals surface area contributed by atoms with Crippen LogP contribution >= 0.6 is 11.8 Å². The van der Waals surface area contributed by atoms with Gasteiger partial charge in [0.1, 0.15) is 29.8 Å². The maximum atomic E-state index is 13.4. The molecule has 2 heterocycles. The number of ether oxygens (including phenoxy) is 3. The van der Waals surface area contributed by atoms with Crippen molar-refractivity contribution in [1.82, 2.24) is 15.5 Å². The van der Waals surface area contributed by atoms with Gasteiger partial charge in [-0.3, -0.25) is 24.1 Å². The number of carbonyl (C=O) groups excluding carboxylic acids is 4. The predicted molar refractivity (Wildman–Crippen MR) is 142 cm³/mol. The van der Waals surface area contributed by atoms with Gasteiger partial charge in [0.05, 0.1) is 7.11 Å². The predicted octanol–water partition coefficient (Wildman–Crippen LogP) is 1.23. The Balaban J connectivity index is 1.46. The van der Waals surface area contributed by atoms with Gasteiger partial charge in [0.2, 0.25) is 5.91 Å². The van der Waals surface area contributed by atoms with Gasteiger partial charge in [0.25, 0.3) is 11.8 Å². The van der Waals surface area contributed by atoms with E-state index in [2.05, 4.69) is 10.6 Å². The minimum absolute atomic E-state index is 0.189. The van der Waals surface area contributed by atoms with Crippen molar-refractivity contribution in [2.75, 3.05) is 26.1 Å². The first-order valence-electron chi connectivity index (χ1n) is 12.1. The fraction of sp³-hybridized carbons (Fsp3) is 0.296. The van der Waals surface area contributed by atoms with Gasteiger partial charge in [-0.05, 0) is 17.7 Å². The van der Waals surface area contributed by atoms with Gasteiger partial charge in [0, 0.05) is 18.2 Å². The molecule has 0 unspecified atom stereocenters. The summed E-state index contributed by atoms with van der Waals surface area (Å²) >= 11 is 1.24. The van der Waals surface area contributed by atoms with Gasteiger partial charge >= 0.3 is 11.9 Å². The zero-order valence-electron chi connectivity index (χ0n) is 21.6. The number of nitrogens with zero attached hydrogens (tertiary/aromatic N) is 1. The van der Waals surface area contributed by atoms with Crippen LogP contribution < -0.4 is 20.1 Å². The molecule has 3 atom stereocenters. The Labute approximate surface area is 233 Å². The molecule has 2 aliphatic heterocycles. The van der Waals surface area contributed by atoms with Gasteiger partial charge < -0.3 is 30.0 Å². The number of aliphatic carboxylic acids is 1. The average Bonchev–Trinajstić information content (AvgIpc) is 2.96. The number of esters is 1. The Morgan fingerprint density at radius 2 is 1.75 bits per heavy atom. The van der Waals surface area contributed by atoms with E-state index in [4.69, 9.17) is 14.2 Å². The molecule has 0 radical (unpaired) electrons. The number of carbonyl (C=O) groups is 5. The van der Waals surface area contributed by atoms with E-state index in [0.29, 0.717) is 17.1 Å². The number of amides is 3. The number of para-hydroxylation sites is 2. The number of rotatable bonds is 11. The van der Waals surface area contributed by atoms with E-state index in [0.717, 1.165) is 4.90 Å². The van der Waals surface area contributed by atoms with Crippen LogP contribution in [0.5, 0.6) is 11.5 Å². The lowest BCUT2D eigenvalue weighted by atomic mass is 10.0. The van der Waals surface area contributed by atoms with Crippen LogP contribution in [0.3, 0.4) is 0 Å². The normalized spacial score (nSPS) is 18.6. The summed E-state index contributed by atoms with van der Waals surface area (Å²) in [5, 5.41) is 14.4. The molecule has 13 heteroatoms. The second kappa shape index (κ2) is 12.6. The number of carboxylic acid groups (broad SMARTS) is 1. The second-order valence-electron chi connectivity index (χ2n) is 8.78. The standard InChI is InChI=1S/C27H27N3O9S/c1-15(31)38-12-17-14-40-26-22(25(34)30(26)23(17)27(35)36)29-24(33)21(16-8-4-3-5-9-16)28-20(32)13-39-19-11-7-6-10-18(19)37-2/h3-11,21-22,26H,12-14H2,1-2H3,(H,28,32)(H,29,33)(H,35,36)/t21-,22+,26+/m0/s1. The van der Waals surface area contributed by atoms with Crippen molar-refractivity contribution in [3.05, 3.63) is 71.4 Å². The van der Waals surface area contributed by atoms with Crippen molar-refractivity contribution in [3.8, 4) is 11.5 Å². The Hall–Kier alpha value is -4.52. The van der Waals surface area contributed by atoms with Gasteiger partial charge in [-0.2, -0.15) is 0 Å². The van der Waals surface area contributed by atoms with Crippen LogP contribution in [0.1, 0.15) is 18.5 Å². The summed E-state index contributed by atoms with van der Waals surface area (Å²) < 4.78 is 15.7. The maximum absolute atomic E-state index is 13.4. The van der Waals surface area contributed by atoms with Crippen LogP contribution in [0.2, 0.25) is 0 Å². The summed E-state index contributed by atoms with van der Waals surface area (Å²) in [4.78, 5) is 63.4. The highest BCUT2D eigenvalue weighted by Crippen LogP contribution is 2.40. The third kappa shape index (κ3) is 6.20. The molecule has 0 aromatic heterocycles. The molecule has 40 heavy (non-hydrogen) atoms. The van der Waals surface area contributed by atoms with Crippen LogP contribution in [-0.4, -0.2) is 77.2 Å². The molecule has 4 rings (SSSR count). The van der Waals surface area contributed by atoms with Crippen molar-refractivity contribution >= 4 is 41.4 Å². The monoisotopic (exact) mass is 569 g/mol. The largest absolute Gasteiger partial charge is 0.493 e. The van der Waals surface area contributed by atoms with E-state index in [-0.39, 0.29) is 23.6 Å². The molecule has 1 fully saturated rings. The van der Waals surface area contributed by atoms with Crippen molar-refractivity contribution in [3.63, 3.8) is 0 Å². The molecular formula is C27H27N3O9S. The topological polar surface area (TPSA) is 161 Å². The SMILES string of the molecule is COc1ccccc1OCC(=O)N[C@H](C(=O)N[C@@H]1C(=O)N2C(C(=O)O)=C(COC(C)=O)CS[C@H]12)c1ccccc1. The smallest absolute Gasteiger partial charge is 0.352 e. The molecule has 0 spiro atoms. The fourth-order valence-electron chi connectivity index (χ4n) is 4.25. The van der Waals surface area contributed by atoms with E-state index in [9.17, 15) is 29.1 Å². The van der Waals surface area contributed by atoms with E-state index in [1.165, 1.54) is 25.8 Å². The third-order valence-electron chi connectivity index (χ3n) is 6.13. The molecule has 210 valence electrons. The molecule has 3 amide bonds. The number of benzene rings is 2. The van der Waals surface area contributed by atoms with Crippen LogP contribution in [0.15, 0.2) is 65.9 Å². The van der Waals surface area contributed by atoms with Crippen molar-refractivity contribution in [2.24, 2.45) is 0 Å². The first kappa shape index (κ1) is 28.5. The zero-order valence-corrected chi connectivity index (χ0v) is 22.4. The highest BCUT2D eigenvalue weighted by molar-refractivity contribution is 8.00. The number of thioether (sulfide) groups is 1. The Bertz CT molecular complexity index is 1350. The third-order valence-corrected chi connectivity index (χ3v) is 7.47. The summed E-state index contributed by atoms with van der Waals surface area (Å²) in [5.74, 6) is -2.80. The molecule has 3 N–H and O–H groups in total.